The highest BCUT2D eigenvalue weighted by atomic mass is 19.1. The summed E-state index contributed by atoms with van der Waals surface area (Å²) in [5, 5.41) is 0. The second kappa shape index (κ2) is 10.3. The van der Waals surface area contributed by atoms with E-state index in [1.54, 1.807) is 5.56 Å². The molecule has 0 atom stereocenters. The molecule has 0 aliphatic heterocycles. The lowest BCUT2D eigenvalue weighted by Crippen LogP contribution is -2.25. The van der Waals surface area contributed by atoms with Crippen LogP contribution in [0, 0.1) is 17.8 Å². The van der Waals surface area contributed by atoms with Gasteiger partial charge >= 0.3 is 0 Å². The Morgan fingerprint density at radius 3 is 2.08 bits per heavy atom. The molecule has 2 saturated carbocycles. The summed E-state index contributed by atoms with van der Waals surface area (Å²) in [5.41, 5.74) is 3.03. The van der Waals surface area contributed by atoms with Crippen LogP contribution in [0.2, 0.25) is 0 Å². The van der Waals surface area contributed by atoms with Crippen molar-refractivity contribution in [2.45, 2.75) is 83.5 Å². The van der Waals surface area contributed by atoms with Gasteiger partial charge in [0.15, 0.2) is 0 Å². The first kappa shape index (κ1) is 19.6. The van der Waals surface area contributed by atoms with Gasteiger partial charge in [0.1, 0.15) is 0 Å². The summed E-state index contributed by atoms with van der Waals surface area (Å²) < 4.78 is 12.2. The van der Waals surface area contributed by atoms with Gasteiger partial charge in [-0.3, -0.25) is 4.39 Å². The third-order valence-corrected chi connectivity index (χ3v) is 7.03. The Kier molecular flexibility index (Phi) is 7.77. The van der Waals surface area contributed by atoms with Gasteiger partial charge in [-0.2, -0.15) is 0 Å². The van der Waals surface area contributed by atoms with Gasteiger partial charge in [0.2, 0.25) is 0 Å². The minimum absolute atomic E-state index is 0.178. The Bertz CT molecular complexity index is 528. The van der Waals surface area contributed by atoms with Crippen molar-refractivity contribution in [2.75, 3.05) is 6.67 Å². The first-order valence-corrected chi connectivity index (χ1v) is 11.1. The smallest absolute Gasteiger partial charge is 0.0897 e. The fourth-order valence-corrected chi connectivity index (χ4v) is 5.24. The number of halogens is 1. The average molecular weight is 357 g/mol. The number of unbranched alkanes of at least 4 members (excludes halogenated alkanes) is 1. The van der Waals surface area contributed by atoms with Crippen molar-refractivity contribution in [3.8, 4) is 0 Å². The minimum Gasteiger partial charge on any atom is -0.251 e. The minimum atomic E-state index is -0.178. The Morgan fingerprint density at radius 1 is 0.885 bits per heavy atom. The van der Waals surface area contributed by atoms with Crippen LogP contribution in [0.4, 0.5) is 4.39 Å². The second-order valence-electron chi connectivity index (χ2n) is 8.64. The molecule has 3 rings (SSSR count). The van der Waals surface area contributed by atoms with E-state index in [1.807, 2.05) is 0 Å². The van der Waals surface area contributed by atoms with Crippen molar-refractivity contribution in [1.29, 1.82) is 0 Å². The normalized spacial score (nSPS) is 29.9. The molecule has 0 aromatic heterocycles. The number of hydrogen-bond acceptors (Lipinski definition) is 0. The topological polar surface area (TPSA) is 0 Å². The molecule has 1 heteroatoms. The van der Waals surface area contributed by atoms with Crippen molar-refractivity contribution >= 4 is 0 Å². The summed E-state index contributed by atoms with van der Waals surface area (Å²) in [7, 11) is 0. The van der Waals surface area contributed by atoms with Crippen LogP contribution >= 0.6 is 0 Å². The van der Waals surface area contributed by atoms with Crippen molar-refractivity contribution in [3.05, 3.63) is 47.5 Å². The Labute approximate surface area is 160 Å². The number of benzene rings is 1. The summed E-state index contributed by atoms with van der Waals surface area (Å²) in [4.78, 5) is 0. The third kappa shape index (κ3) is 5.44. The number of alkyl halides is 1. The molecule has 0 bridgehead atoms. The lowest BCUT2D eigenvalue weighted by molar-refractivity contribution is 0.171. The quantitative estimate of drug-likeness (QED) is 0.348. The number of aryl methyl sites for hydroxylation is 1. The molecular formula is C25H37F. The maximum absolute atomic E-state index is 12.2. The van der Waals surface area contributed by atoms with Gasteiger partial charge in [-0.05, 0) is 105 Å². The maximum atomic E-state index is 12.2. The molecule has 1 aromatic rings. The molecule has 0 N–H and O–H groups in total. The van der Waals surface area contributed by atoms with Gasteiger partial charge in [-0.25, -0.2) is 0 Å². The van der Waals surface area contributed by atoms with Gasteiger partial charge in [0.25, 0.3) is 0 Å². The molecule has 0 unspecified atom stereocenters. The lowest BCUT2D eigenvalue weighted by atomic mass is 9.68. The van der Waals surface area contributed by atoms with Crippen molar-refractivity contribution < 1.29 is 4.39 Å². The van der Waals surface area contributed by atoms with Crippen LogP contribution in [0.3, 0.4) is 0 Å². The zero-order valence-corrected chi connectivity index (χ0v) is 16.6. The largest absolute Gasteiger partial charge is 0.251 e. The molecule has 0 nitrogen and oxygen atoms in total. The summed E-state index contributed by atoms with van der Waals surface area (Å²) >= 11 is 0. The van der Waals surface area contributed by atoms with Crippen LogP contribution in [0.5, 0.6) is 0 Å². The molecule has 144 valence electrons. The van der Waals surface area contributed by atoms with Crippen LogP contribution in [-0.2, 0) is 6.42 Å². The van der Waals surface area contributed by atoms with Gasteiger partial charge in [-0.15, -0.1) is 0 Å². The van der Waals surface area contributed by atoms with Crippen LogP contribution in [0.15, 0.2) is 36.4 Å². The molecule has 0 spiro atoms. The van der Waals surface area contributed by atoms with E-state index in [-0.39, 0.29) is 6.67 Å². The first-order chi connectivity index (χ1) is 12.8. The highest BCUT2D eigenvalue weighted by molar-refractivity contribution is 5.25. The predicted octanol–water partition coefficient (Wildman–Crippen LogP) is 7.64. The molecule has 2 aliphatic carbocycles. The van der Waals surface area contributed by atoms with Gasteiger partial charge in [0, 0.05) is 0 Å². The molecule has 1 aromatic carbocycles. The van der Waals surface area contributed by atoms with E-state index in [4.69, 9.17) is 0 Å². The van der Waals surface area contributed by atoms with Gasteiger partial charge in [-0.1, -0.05) is 43.3 Å². The number of hydrogen-bond donors (Lipinski definition) is 0. The van der Waals surface area contributed by atoms with Crippen LogP contribution in [0.1, 0.15) is 88.2 Å². The van der Waals surface area contributed by atoms with Gasteiger partial charge < -0.3 is 0 Å². The monoisotopic (exact) mass is 356 g/mol. The molecule has 2 aliphatic rings. The zero-order chi connectivity index (χ0) is 18.2. The average Bonchev–Trinajstić information content (AvgIpc) is 2.72. The highest BCUT2D eigenvalue weighted by Gasteiger charge is 2.30. The van der Waals surface area contributed by atoms with Crippen LogP contribution < -0.4 is 0 Å². The van der Waals surface area contributed by atoms with E-state index in [0.29, 0.717) is 6.42 Å². The highest BCUT2D eigenvalue weighted by Crippen LogP contribution is 2.44. The van der Waals surface area contributed by atoms with Crippen molar-refractivity contribution in [2.24, 2.45) is 17.8 Å². The zero-order valence-electron chi connectivity index (χ0n) is 16.6. The number of rotatable bonds is 7. The second-order valence-corrected chi connectivity index (χ2v) is 8.64. The van der Waals surface area contributed by atoms with E-state index >= 15 is 0 Å². The summed E-state index contributed by atoms with van der Waals surface area (Å²) in [6.45, 7) is 2.05. The van der Waals surface area contributed by atoms with E-state index < -0.39 is 0 Å². The molecule has 2 fully saturated rings. The standard InChI is InChI=1S/C25H37F/c1-2-20-7-11-22(12-8-20)24-15-17-25(18-16-24)23-13-9-21(10-14-23)6-4-3-5-19-26/h4,6-8,11-12,21,23-25H,2-3,5,9-10,13-19H2,1H3/b6-4+. The Morgan fingerprint density at radius 2 is 1.50 bits per heavy atom. The van der Waals surface area contributed by atoms with E-state index in [1.165, 1.54) is 56.9 Å². The van der Waals surface area contributed by atoms with Crippen molar-refractivity contribution in [3.63, 3.8) is 0 Å². The maximum Gasteiger partial charge on any atom is 0.0897 e. The van der Waals surface area contributed by atoms with Gasteiger partial charge in [0.05, 0.1) is 6.67 Å². The molecular weight excluding hydrogens is 319 g/mol. The van der Waals surface area contributed by atoms with Crippen LogP contribution in [-0.4, -0.2) is 6.67 Å². The fourth-order valence-electron chi connectivity index (χ4n) is 5.24. The SMILES string of the molecule is CCc1ccc(C2CCC(C3CCC(/C=C/CCCF)CC3)CC2)cc1. The predicted molar refractivity (Wildman–Crippen MR) is 110 cm³/mol. The Hall–Kier alpha value is -1.11. The van der Waals surface area contributed by atoms with E-state index in [2.05, 4.69) is 43.3 Å². The van der Waals surface area contributed by atoms with E-state index in [9.17, 15) is 4.39 Å². The number of allylic oxidation sites excluding steroid dienone is 2. The Balaban J connectivity index is 1.40. The molecule has 0 amide bonds. The van der Waals surface area contributed by atoms with E-state index in [0.717, 1.165) is 36.5 Å². The first-order valence-electron chi connectivity index (χ1n) is 11.1. The summed E-state index contributed by atoms with van der Waals surface area (Å²) in [5.74, 6) is 3.50. The summed E-state index contributed by atoms with van der Waals surface area (Å²) in [6.07, 6.45) is 18.5. The third-order valence-electron chi connectivity index (χ3n) is 7.03. The molecule has 0 heterocycles. The summed E-state index contributed by atoms with van der Waals surface area (Å²) in [6, 6.07) is 9.40. The fraction of sp³-hybridized carbons (Fsp3) is 0.680. The van der Waals surface area contributed by atoms with Crippen molar-refractivity contribution in [1.82, 2.24) is 0 Å². The lowest BCUT2D eigenvalue weighted by Gasteiger charge is -2.37. The molecule has 0 radical (unpaired) electrons. The molecule has 0 saturated heterocycles. The molecule has 26 heavy (non-hydrogen) atoms. The van der Waals surface area contributed by atoms with Crippen LogP contribution in [0.25, 0.3) is 0 Å².